The van der Waals surface area contributed by atoms with E-state index in [9.17, 15) is 0 Å². The molecule has 15 heavy (non-hydrogen) atoms. The maximum absolute atomic E-state index is 7.45. The highest BCUT2D eigenvalue weighted by molar-refractivity contribution is 5.82. The first kappa shape index (κ1) is 12.5. The molecule has 1 unspecified atom stereocenters. The molecule has 0 saturated carbocycles. The maximum atomic E-state index is 7.45. The number of nitrogens with two attached hydrogens (primary N) is 1. The minimum absolute atomic E-state index is 0.0724. The summed E-state index contributed by atoms with van der Waals surface area (Å²) in [6, 6.07) is 0.662. The number of hydrogen-bond donors (Lipinski definition) is 2. The van der Waals surface area contributed by atoms with Crippen molar-refractivity contribution >= 4 is 5.84 Å². The first-order valence-corrected chi connectivity index (χ1v) is 5.84. The van der Waals surface area contributed by atoms with E-state index < -0.39 is 0 Å². The van der Waals surface area contributed by atoms with Crippen molar-refractivity contribution in [2.75, 3.05) is 26.7 Å². The predicted octanol–water partition coefficient (Wildman–Crippen LogP) is 0.727. The zero-order valence-electron chi connectivity index (χ0n) is 10.2. The van der Waals surface area contributed by atoms with Crippen LogP contribution in [0.5, 0.6) is 0 Å². The predicted molar refractivity (Wildman–Crippen MR) is 64.3 cm³/mol. The van der Waals surface area contributed by atoms with Crippen molar-refractivity contribution in [3.8, 4) is 0 Å². The Balaban J connectivity index is 2.42. The van der Waals surface area contributed by atoms with Gasteiger partial charge in [0.1, 0.15) is 5.84 Å². The van der Waals surface area contributed by atoms with E-state index in [4.69, 9.17) is 11.1 Å². The summed E-state index contributed by atoms with van der Waals surface area (Å²) in [6.45, 7) is 7.72. The maximum Gasteiger partial charge on any atom is 0.108 e. The fourth-order valence-corrected chi connectivity index (χ4v) is 2.18. The first-order chi connectivity index (χ1) is 7.06. The zero-order valence-corrected chi connectivity index (χ0v) is 10.2. The van der Waals surface area contributed by atoms with E-state index in [1.807, 2.05) is 6.92 Å². The summed E-state index contributed by atoms with van der Waals surface area (Å²) in [4.78, 5) is 4.72. The van der Waals surface area contributed by atoms with Gasteiger partial charge in [-0.2, -0.15) is 0 Å². The summed E-state index contributed by atoms with van der Waals surface area (Å²) in [6.07, 6.45) is 2.39. The Morgan fingerprint density at radius 1 is 1.53 bits per heavy atom. The molecule has 0 aromatic rings. The minimum atomic E-state index is 0.0724. The molecule has 1 rings (SSSR count). The van der Waals surface area contributed by atoms with Gasteiger partial charge in [-0.3, -0.25) is 10.3 Å². The van der Waals surface area contributed by atoms with Crippen molar-refractivity contribution in [1.29, 1.82) is 5.41 Å². The lowest BCUT2D eigenvalue weighted by Crippen LogP contribution is -2.50. The number of likely N-dealkylation sites (N-methyl/N-ethyl adjacent to an activating group) is 1. The van der Waals surface area contributed by atoms with Crippen LogP contribution in [0.1, 0.15) is 26.7 Å². The number of hydrogen-bond acceptors (Lipinski definition) is 3. The van der Waals surface area contributed by atoms with Crippen molar-refractivity contribution in [3.05, 3.63) is 0 Å². The topological polar surface area (TPSA) is 56.4 Å². The molecular formula is C11H24N4. The van der Waals surface area contributed by atoms with Gasteiger partial charge in [0.2, 0.25) is 0 Å². The molecule has 0 spiro atoms. The van der Waals surface area contributed by atoms with Gasteiger partial charge in [0.05, 0.1) is 6.04 Å². The van der Waals surface area contributed by atoms with Crippen LogP contribution in [-0.2, 0) is 0 Å². The normalized spacial score (nSPS) is 21.9. The van der Waals surface area contributed by atoms with E-state index in [1.165, 1.54) is 25.9 Å². The quantitative estimate of drug-likeness (QED) is 0.533. The molecule has 0 aromatic carbocycles. The summed E-state index contributed by atoms with van der Waals surface area (Å²) in [5.74, 6) is 0.274. The molecule has 0 radical (unpaired) electrons. The molecule has 3 N–H and O–H groups in total. The van der Waals surface area contributed by atoms with Crippen molar-refractivity contribution in [3.63, 3.8) is 0 Å². The van der Waals surface area contributed by atoms with Crippen molar-refractivity contribution < 1.29 is 0 Å². The summed E-state index contributed by atoms with van der Waals surface area (Å²) in [7, 11) is 2.08. The van der Waals surface area contributed by atoms with Gasteiger partial charge in [-0.25, -0.2) is 0 Å². The molecule has 0 bridgehead atoms. The average Bonchev–Trinajstić information content (AvgIpc) is 2.27. The highest BCUT2D eigenvalue weighted by Gasteiger charge is 2.25. The monoisotopic (exact) mass is 212 g/mol. The number of amidine groups is 1. The highest BCUT2D eigenvalue weighted by atomic mass is 15.2. The van der Waals surface area contributed by atoms with Gasteiger partial charge in [0.15, 0.2) is 0 Å². The molecule has 0 aliphatic carbocycles. The second-order valence-electron chi connectivity index (χ2n) is 4.46. The van der Waals surface area contributed by atoms with Crippen molar-refractivity contribution in [2.24, 2.45) is 5.73 Å². The van der Waals surface area contributed by atoms with Crippen LogP contribution in [-0.4, -0.2) is 54.4 Å². The van der Waals surface area contributed by atoms with Crippen LogP contribution in [0, 0.1) is 5.41 Å². The smallest absolute Gasteiger partial charge is 0.108 e. The number of nitrogens with one attached hydrogen (secondary N) is 1. The third kappa shape index (κ3) is 3.18. The van der Waals surface area contributed by atoms with Gasteiger partial charge >= 0.3 is 0 Å². The van der Waals surface area contributed by atoms with Gasteiger partial charge in [-0.15, -0.1) is 0 Å². The minimum Gasteiger partial charge on any atom is -0.386 e. The molecule has 0 aromatic heterocycles. The molecule has 4 nitrogen and oxygen atoms in total. The van der Waals surface area contributed by atoms with Crippen LogP contribution < -0.4 is 5.73 Å². The number of rotatable bonds is 4. The van der Waals surface area contributed by atoms with E-state index in [0.29, 0.717) is 6.04 Å². The second-order valence-corrected chi connectivity index (χ2v) is 4.46. The molecule has 1 fully saturated rings. The average molecular weight is 212 g/mol. The number of likely N-dealkylation sites (tertiary alicyclic amines) is 1. The van der Waals surface area contributed by atoms with Gasteiger partial charge in [-0.05, 0) is 46.4 Å². The Bertz CT molecular complexity index is 209. The lowest BCUT2D eigenvalue weighted by molar-refractivity contribution is 0.122. The zero-order chi connectivity index (χ0) is 11.4. The van der Waals surface area contributed by atoms with Gasteiger partial charge in [0, 0.05) is 6.04 Å². The summed E-state index contributed by atoms with van der Waals surface area (Å²) in [5.41, 5.74) is 5.53. The van der Waals surface area contributed by atoms with Crippen LogP contribution in [0.2, 0.25) is 0 Å². The van der Waals surface area contributed by atoms with Crippen LogP contribution >= 0.6 is 0 Å². The molecule has 1 saturated heterocycles. The molecule has 4 heteroatoms. The number of piperidine rings is 1. The number of nitrogens with zero attached hydrogens (tertiary/aromatic N) is 2. The van der Waals surface area contributed by atoms with Crippen LogP contribution in [0.3, 0.4) is 0 Å². The first-order valence-electron chi connectivity index (χ1n) is 5.84. The van der Waals surface area contributed by atoms with E-state index in [0.717, 1.165) is 6.54 Å². The van der Waals surface area contributed by atoms with E-state index >= 15 is 0 Å². The lowest BCUT2D eigenvalue weighted by atomic mass is 10.0. The Morgan fingerprint density at radius 3 is 2.47 bits per heavy atom. The van der Waals surface area contributed by atoms with Gasteiger partial charge in [-0.1, -0.05) is 6.92 Å². The molecular weight excluding hydrogens is 188 g/mol. The van der Waals surface area contributed by atoms with Crippen LogP contribution in [0.15, 0.2) is 0 Å². The molecule has 88 valence electrons. The fraction of sp³-hybridized carbons (Fsp3) is 0.909. The summed E-state index contributed by atoms with van der Waals surface area (Å²) < 4.78 is 0. The van der Waals surface area contributed by atoms with Crippen LogP contribution in [0.25, 0.3) is 0 Å². The highest BCUT2D eigenvalue weighted by Crippen LogP contribution is 2.16. The third-order valence-corrected chi connectivity index (χ3v) is 3.64. The Hall–Kier alpha value is -0.610. The van der Waals surface area contributed by atoms with Crippen LogP contribution in [0.4, 0.5) is 0 Å². The van der Waals surface area contributed by atoms with Gasteiger partial charge < -0.3 is 10.6 Å². The van der Waals surface area contributed by atoms with E-state index in [1.54, 1.807) is 0 Å². The summed E-state index contributed by atoms with van der Waals surface area (Å²) >= 11 is 0. The SMILES string of the molecule is CCN1CCC(N(C)C(C)C(=N)N)CC1. The summed E-state index contributed by atoms with van der Waals surface area (Å²) in [5, 5.41) is 7.45. The molecule has 0 amide bonds. The van der Waals surface area contributed by atoms with Crippen molar-refractivity contribution in [2.45, 2.75) is 38.8 Å². The lowest BCUT2D eigenvalue weighted by Gasteiger charge is -2.38. The van der Waals surface area contributed by atoms with Gasteiger partial charge in [0.25, 0.3) is 0 Å². The van der Waals surface area contributed by atoms with Crippen molar-refractivity contribution in [1.82, 2.24) is 9.80 Å². The van der Waals surface area contributed by atoms with E-state index in [-0.39, 0.29) is 11.9 Å². The fourth-order valence-electron chi connectivity index (χ4n) is 2.18. The largest absolute Gasteiger partial charge is 0.386 e. The third-order valence-electron chi connectivity index (χ3n) is 3.64. The van der Waals surface area contributed by atoms with E-state index in [2.05, 4.69) is 23.8 Å². The standard InChI is InChI=1S/C11H24N4/c1-4-15-7-5-10(6-8-15)14(3)9(2)11(12)13/h9-10H,4-8H2,1-3H3,(H3,12,13). The molecule has 1 aliphatic heterocycles. The molecule has 1 atom stereocenters. The second kappa shape index (κ2) is 5.47. The Kier molecular flexibility index (Phi) is 4.54. The molecule has 1 heterocycles. The molecule has 1 aliphatic rings. The Morgan fingerprint density at radius 2 is 2.07 bits per heavy atom. The Labute approximate surface area is 92.9 Å².